The molecule has 0 unspecified atom stereocenters. The van der Waals surface area contributed by atoms with Crippen molar-refractivity contribution in [2.24, 2.45) is 0 Å². The first-order valence-electron chi connectivity index (χ1n) is 6.88. The summed E-state index contributed by atoms with van der Waals surface area (Å²) in [5.41, 5.74) is 0. The van der Waals surface area contributed by atoms with E-state index in [4.69, 9.17) is 0 Å². The Morgan fingerprint density at radius 3 is 2.17 bits per heavy atom. The van der Waals surface area contributed by atoms with Crippen molar-refractivity contribution in [1.29, 1.82) is 0 Å². The summed E-state index contributed by atoms with van der Waals surface area (Å²) in [7, 11) is 0. The fourth-order valence-corrected chi connectivity index (χ4v) is 1.96. The summed E-state index contributed by atoms with van der Waals surface area (Å²) in [6.45, 7) is 11.0. The molecule has 0 aromatic carbocycles. The van der Waals surface area contributed by atoms with Gasteiger partial charge in [-0.1, -0.05) is 6.58 Å². The molecule has 1 rings (SSSR count). The average Bonchev–Trinajstić information content (AvgIpc) is 2.40. The third kappa shape index (κ3) is 6.74. The van der Waals surface area contributed by atoms with Crippen LogP contribution in [0.25, 0.3) is 0 Å². The molecule has 104 valence electrons. The van der Waals surface area contributed by atoms with Gasteiger partial charge in [-0.2, -0.15) is 0 Å². The number of nitrogens with zero attached hydrogens (tertiary/aromatic N) is 1. The van der Waals surface area contributed by atoms with Crippen molar-refractivity contribution in [1.82, 2.24) is 20.9 Å². The van der Waals surface area contributed by atoms with E-state index in [1.165, 1.54) is 6.08 Å². The van der Waals surface area contributed by atoms with Crippen LogP contribution in [0.2, 0.25) is 0 Å². The molecule has 0 aliphatic carbocycles. The Kier molecular flexibility index (Phi) is 8.46. The van der Waals surface area contributed by atoms with Crippen LogP contribution in [-0.4, -0.2) is 63.2 Å². The zero-order valence-corrected chi connectivity index (χ0v) is 11.2. The molecule has 0 aromatic heterocycles. The number of rotatable bonds is 1. The van der Waals surface area contributed by atoms with Crippen LogP contribution in [0.15, 0.2) is 12.7 Å². The molecule has 1 heterocycles. The number of amides is 1. The Morgan fingerprint density at radius 2 is 1.50 bits per heavy atom. The molecule has 1 amide bonds. The number of carbonyl (C=O) groups is 1. The van der Waals surface area contributed by atoms with Gasteiger partial charge in [-0.25, -0.2) is 0 Å². The summed E-state index contributed by atoms with van der Waals surface area (Å²) in [6.07, 6.45) is 3.51. The van der Waals surface area contributed by atoms with E-state index in [1.54, 1.807) is 0 Å². The predicted octanol–water partition coefficient (Wildman–Crippen LogP) is -0.436. The predicted molar refractivity (Wildman–Crippen MR) is 74.6 cm³/mol. The van der Waals surface area contributed by atoms with Crippen LogP contribution in [0, 0.1) is 0 Å². The Balaban J connectivity index is 2.33. The lowest BCUT2D eigenvalue weighted by Crippen LogP contribution is -2.39. The molecule has 1 fully saturated rings. The molecule has 1 aliphatic heterocycles. The second-order valence-electron chi connectivity index (χ2n) is 4.49. The average molecular weight is 254 g/mol. The molecule has 18 heavy (non-hydrogen) atoms. The standard InChI is InChI=1S/C13H26N4O/c1-2-13(18)17-11-4-7-15-9-8-14-5-3-6-16-10-12-17/h2,14-16H,1,3-12H2. The number of nitrogens with one attached hydrogen (secondary N) is 3. The van der Waals surface area contributed by atoms with Gasteiger partial charge in [-0.3, -0.25) is 4.79 Å². The van der Waals surface area contributed by atoms with Crippen LogP contribution in [0.3, 0.4) is 0 Å². The molecular formula is C13H26N4O. The lowest BCUT2D eigenvalue weighted by Gasteiger charge is -2.22. The van der Waals surface area contributed by atoms with Crippen molar-refractivity contribution >= 4 is 5.91 Å². The van der Waals surface area contributed by atoms with Gasteiger partial charge < -0.3 is 20.9 Å². The normalized spacial score (nSPS) is 21.0. The maximum Gasteiger partial charge on any atom is 0.245 e. The number of carbonyl (C=O) groups excluding carboxylic acids is 1. The van der Waals surface area contributed by atoms with Crippen LogP contribution in [0.5, 0.6) is 0 Å². The van der Waals surface area contributed by atoms with Gasteiger partial charge in [0.15, 0.2) is 0 Å². The Morgan fingerprint density at radius 1 is 0.889 bits per heavy atom. The van der Waals surface area contributed by atoms with Crippen molar-refractivity contribution in [3.05, 3.63) is 12.7 Å². The van der Waals surface area contributed by atoms with Crippen molar-refractivity contribution in [2.75, 3.05) is 52.4 Å². The van der Waals surface area contributed by atoms with Gasteiger partial charge >= 0.3 is 0 Å². The Labute approximate surface area is 110 Å². The van der Waals surface area contributed by atoms with E-state index in [0.717, 1.165) is 65.2 Å². The zero-order chi connectivity index (χ0) is 13.1. The molecule has 5 heteroatoms. The maximum absolute atomic E-state index is 11.7. The first-order valence-corrected chi connectivity index (χ1v) is 6.88. The van der Waals surface area contributed by atoms with E-state index in [-0.39, 0.29) is 5.91 Å². The third-order valence-electron chi connectivity index (χ3n) is 3.01. The SMILES string of the molecule is C=CC(=O)N1CCCNCCNCCCNCC1. The summed E-state index contributed by atoms with van der Waals surface area (Å²) >= 11 is 0. The summed E-state index contributed by atoms with van der Waals surface area (Å²) in [4.78, 5) is 13.5. The number of hydrogen-bond acceptors (Lipinski definition) is 4. The lowest BCUT2D eigenvalue weighted by atomic mass is 10.3. The fraction of sp³-hybridized carbons (Fsp3) is 0.769. The van der Waals surface area contributed by atoms with Crippen molar-refractivity contribution < 1.29 is 4.79 Å². The van der Waals surface area contributed by atoms with Crippen LogP contribution in [0.4, 0.5) is 0 Å². The topological polar surface area (TPSA) is 56.4 Å². The van der Waals surface area contributed by atoms with E-state index in [1.807, 2.05) is 4.90 Å². The van der Waals surface area contributed by atoms with E-state index < -0.39 is 0 Å². The maximum atomic E-state index is 11.7. The molecule has 1 aliphatic rings. The summed E-state index contributed by atoms with van der Waals surface area (Å²) in [6, 6.07) is 0. The second kappa shape index (κ2) is 10.1. The molecule has 0 aromatic rings. The largest absolute Gasteiger partial charge is 0.338 e. The van der Waals surface area contributed by atoms with Crippen LogP contribution in [0.1, 0.15) is 12.8 Å². The zero-order valence-electron chi connectivity index (χ0n) is 11.2. The van der Waals surface area contributed by atoms with E-state index in [9.17, 15) is 4.79 Å². The van der Waals surface area contributed by atoms with Gasteiger partial charge in [0.2, 0.25) is 5.91 Å². The highest BCUT2D eigenvalue weighted by molar-refractivity contribution is 5.86. The minimum atomic E-state index is 0.0329. The van der Waals surface area contributed by atoms with Crippen LogP contribution < -0.4 is 16.0 Å². The van der Waals surface area contributed by atoms with Crippen LogP contribution in [-0.2, 0) is 4.79 Å². The highest BCUT2D eigenvalue weighted by atomic mass is 16.2. The molecule has 0 saturated carbocycles. The van der Waals surface area contributed by atoms with Gasteiger partial charge in [0.1, 0.15) is 0 Å². The smallest absolute Gasteiger partial charge is 0.245 e. The van der Waals surface area contributed by atoms with Gasteiger partial charge in [0.25, 0.3) is 0 Å². The fourth-order valence-electron chi connectivity index (χ4n) is 1.96. The summed E-state index contributed by atoms with van der Waals surface area (Å²) < 4.78 is 0. The molecule has 3 N–H and O–H groups in total. The van der Waals surface area contributed by atoms with Gasteiger partial charge in [-0.15, -0.1) is 0 Å². The van der Waals surface area contributed by atoms with Crippen molar-refractivity contribution in [3.8, 4) is 0 Å². The summed E-state index contributed by atoms with van der Waals surface area (Å²) in [5, 5.41) is 10.1. The highest BCUT2D eigenvalue weighted by Gasteiger charge is 2.08. The third-order valence-corrected chi connectivity index (χ3v) is 3.01. The molecule has 0 spiro atoms. The lowest BCUT2D eigenvalue weighted by molar-refractivity contribution is -0.126. The van der Waals surface area contributed by atoms with Gasteiger partial charge in [0, 0.05) is 32.7 Å². The Bertz CT molecular complexity index is 231. The Hall–Kier alpha value is -0.910. The molecule has 0 radical (unpaired) electrons. The minimum absolute atomic E-state index is 0.0329. The van der Waals surface area contributed by atoms with Crippen LogP contribution >= 0.6 is 0 Å². The number of hydrogen-bond donors (Lipinski definition) is 3. The monoisotopic (exact) mass is 254 g/mol. The van der Waals surface area contributed by atoms with Gasteiger partial charge in [0.05, 0.1) is 0 Å². The molecule has 0 atom stereocenters. The molecular weight excluding hydrogens is 228 g/mol. The van der Waals surface area contributed by atoms with Crippen molar-refractivity contribution in [2.45, 2.75) is 12.8 Å². The van der Waals surface area contributed by atoms with E-state index in [0.29, 0.717) is 0 Å². The minimum Gasteiger partial charge on any atom is -0.338 e. The summed E-state index contributed by atoms with van der Waals surface area (Å²) in [5.74, 6) is 0.0329. The first kappa shape index (κ1) is 15.1. The second-order valence-corrected chi connectivity index (χ2v) is 4.49. The highest BCUT2D eigenvalue weighted by Crippen LogP contribution is 1.93. The molecule has 5 nitrogen and oxygen atoms in total. The molecule has 1 saturated heterocycles. The van der Waals surface area contributed by atoms with Gasteiger partial charge in [-0.05, 0) is 38.6 Å². The van der Waals surface area contributed by atoms with E-state index in [2.05, 4.69) is 22.5 Å². The van der Waals surface area contributed by atoms with E-state index >= 15 is 0 Å². The quantitative estimate of drug-likeness (QED) is 0.556. The van der Waals surface area contributed by atoms with Crippen molar-refractivity contribution in [3.63, 3.8) is 0 Å². The molecule has 0 bridgehead atoms. The first-order chi connectivity index (χ1) is 8.84.